The molecule has 0 spiro atoms. The molecule has 94 valence electrons. The van der Waals surface area contributed by atoms with E-state index >= 15 is 0 Å². The van der Waals surface area contributed by atoms with E-state index in [4.69, 9.17) is 4.74 Å². The molecule has 0 aliphatic carbocycles. The van der Waals surface area contributed by atoms with Crippen LogP contribution in [0.25, 0.3) is 0 Å². The van der Waals surface area contributed by atoms with Crippen molar-refractivity contribution >= 4 is 15.6 Å². The predicted octanol–water partition coefficient (Wildman–Crippen LogP) is 1.20. The van der Waals surface area contributed by atoms with Gasteiger partial charge in [0.25, 0.3) is 0 Å². The molecule has 0 saturated carbocycles. The number of ketones is 1. The molecule has 0 radical (unpaired) electrons. The van der Waals surface area contributed by atoms with Gasteiger partial charge in [0.1, 0.15) is 5.60 Å². The molecule has 0 bridgehead atoms. The second kappa shape index (κ2) is 4.11. The quantitative estimate of drug-likeness (QED) is 0.736. The summed E-state index contributed by atoms with van der Waals surface area (Å²) in [4.78, 5) is 12.3. The first-order valence-electron chi connectivity index (χ1n) is 5.43. The number of Topliss-reactive ketones (excluding diaryl/α,β-unsaturated/α-hetero) is 1. The summed E-state index contributed by atoms with van der Waals surface area (Å²) in [6, 6.07) is 0. The summed E-state index contributed by atoms with van der Waals surface area (Å²) in [5.74, 6) is 0.0862. The molecule has 1 fully saturated rings. The highest BCUT2D eigenvalue weighted by molar-refractivity contribution is 7.91. The molecule has 0 N–H and O–H groups in total. The van der Waals surface area contributed by atoms with Crippen LogP contribution in [0.15, 0.2) is 0 Å². The Hall–Kier alpha value is -0.420. The van der Waals surface area contributed by atoms with Crippen molar-refractivity contribution in [1.29, 1.82) is 0 Å². The van der Waals surface area contributed by atoms with Gasteiger partial charge in [-0.25, -0.2) is 8.42 Å². The average molecular weight is 248 g/mol. The van der Waals surface area contributed by atoms with E-state index in [9.17, 15) is 13.2 Å². The standard InChI is InChI=1S/C11H20O4S/c1-10(2,3)9(12)11(15-4)5-7-16(13,14)8-6-11/h5-8H2,1-4H3. The third-order valence-corrected chi connectivity index (χ3v) is 4.77. The summed E-state index contributed by atoms with van der Waals surface area (Å²) in [6.07, 6.45) is 0.559. The van der Waals surface area contributed by atoms with E-state index in [1.807, 2.05) is 20.8 Å². The molecule has 0 aromatic rings. The number of methoxy groups -OCH3 is 1. The van der Waals surface area contributed by atoms with Gasteiger partial charge in [-0.15, -0.1) is 0 Å². The van der Waals surface area contributed by atoms with E-state index in [1.165, 1.54) is 7.11 Å². The van der Waals surface area contributed by atoms with Crippen molar-refractivity contribution in [1.82, 2.24) is 0 Å². The maximum atomic E-state index is 12.3. The van der Waals surface area contributed by atoms with Crippen LogP contribution in [0, 0.1) is 5.41 Å². The second-order valence-corrected chi connectivity index (χ2v) is 7.73. The van der Waals surface area contributed by atoms with E-state index in [0.717, 1.165) is 0 Å². The van der Waals surface area contributed by atoms with Crippen LogP contribution in [0.1, 0.15) is 33.6 Å². The highest BCUT2D eigenvalue weighted by Gasteiger charge is 2.47. The van der Waals surface area contributed by atoms with E-state index in [-0.39, 0.29) is 30.1 Å². The molecule has 0 atom stereocenters. The van der Waals surface area contributed by atoms with Crippen LogP contribution in [0.5, 0.6) is 0 Å². The van der Waals surface area contributed by atoms with Crippen LogP contribution < -0.4 is 0 Å². The molecular weight excluding hydrogens is 228 g/mol. The van der Waals surface area contributed by atoms with E-state index in [0.29, 0.717) is 0 Å². The molecule has 4 nitrogen and oxygen atoms in total. The largest absolute Gasteiger partial charge is 0.370 e. The van der Waals surface area contributed by atoms with Gasteiger partial charge in [-0.1, -0.05) is 20.8 Å². The van der Waals surface area contributed by atoms with Gasteiger partial charge in [0.15, 0.2) is 15.6 Å². The van der Waals surface area contributed by atoms with Crippen LogP contribution >= 0.6 is 0 Å². The smallest absolute Gasteiger partial charge is 0.169 e. The minimum absolute atomic E-state index is 0.00241. The SMILES string of the molecule is COC1(C(=O)C(C)(C)C)CCS(=O)(=O)CC1. The van der Waals surface area contributed by atoms with Crippen molar-refractivity contribution in [2.75, 3.05) is 18.6 Å². The van der Waals surface area contributed by atoms with Crippen molar-refractivity contribution in [2.45, 2.75) is 39.2 Å². The van der Waals surface area contributed by atoms with Gasteiger partial charge in [0.2, 0.25) is 0 Å². The van der Waals surface area contributed by atoms with Crippen molar-refractivity contribution in [2.24, 2.45) is 5.41 Å². The van der Waals surface area contributed by atoms with Crippen molar-refractivity contribution in [3.8, 4) is 0 Å². The number of carbonyl (C=O) groups is 1. The molecule has 0 unspecified atom stereocenters. The Morgan fingerprint density at radius 2 is 1.62 bits per heavy atom. The van der Waals surface area contributed by atoms with Crippen LogP contribution in [0.2, 0.25) is 0 Å². The first-order chi connectivity index (χ1) is 7.13. The van der Waals surface area contributed by atoms with Gasteiger partial charge in [0, 0.05) is 12.5 Å². The Morgan fingerprint density at radius 3 is 1.94 bits per heavy atom. The summed E-state index contributed by atoms with van der Waals surface area (Å²) in [6.45, 7) is 5.50. The minimum atomic E-state index is -2.98. The fourth-order valence-corrected chi connectivity index (χ4v) is 3.56. The summed E-state index contributed by atoms with van der Waals surface area (Å²) in [5.41, 5.74) is -1.40. The minimum Gasteiger partial charge on any atom is -0.370 e. The average Bonchev–Trinajstić information content (AvgIpc) is 2.17. The molecule has 1 aliphatic heterocycles. The lowest BCUT2D eigenvalue weighted by Gasteiger charge is -2.38. The molecule has 0 aromatic heterocycles. The molecule has 0 aromatic carbocycles. The molecule has 5 heteroatoms. The van der Waals surface area contributed by atoms with Crippen molar-refractivity contribution < 1.29 is 17.9 Å². The van der Waals surface area contributed by atoms with Gasteiger partial charge in [0.05, 0.1) is 11.5 Å². The van der Waals surface area contributed by atoms with E-state index < -0.39 is 20.9 Å². The number of ether oxygens (including phenoxy) is 1. The normalized spacial score (nSPS) is 24.0. The van der Waals surface area contributed by atoms with Crippen molar-refractivity contribution in [3.05, 3.63) is 0 Å². The summed E-state index contributed by atoms with van der Waals surface area (Å²) in [7, 11) is -1.49. The Kier molecular flexibility index (Phi) is 3.50. The van der Waals surface area contributed by atoms with Crippen LogP contribution in [0.3, 0.4) is 0 Å². The van der Waals surface area contributed by atoms with Gasteiger partial charge in [-0.2, -0.15) is 0 Å². The van der Waals surface area contributed by atoms with Crippen LogP contribution in [-0.2, 0) is 19.4 Å². The predicted molar refractivity (Wildman–Crippen MR) is 62.1 cm³/mol. The highest BCUT2D eigenvalue weighted by Crippen LogP contribution is 2.34. The number of rotatable bonds is 2. The zero-order valence-electron chi connectivity index (χ0n) is 10.4. The number of sulfone groups is 1. The van der Waals surface area contributed by atoms with Gasteiger partial charge < -0.3 is 4.74 Å². The number of hydrogen-bond acceptors (Lipinski definition) is 4. The third-order valence-electron chi connectivity index (χ3n) is 3.12. The fourth-order valence-electron chi connectivity index (χ4n) is 2.08. The molecular formula is C11H20O4S. The Balaban J connectivity index is 2.94. The van der Waals surface area contributed by atoms with Gasteiger partial charge >= 0.3 is 0 Å². The third kappa shape index (κ3) is 2.63. The molecule has 1 rings (SSSR count). The van der Waals surface area contributed by atoms with Gasteiger partial charge in [-0.05, 0) is 12.8 Å². The monoisotopic (exact) mass is 248 g/mol. The zero-order chi connectivity index (χ0) is 12.6. The highest BCUT2D eigenvalue weighted by atomic mass is 32.2. The van der Waals surface area contributed by atoms with Gasteiger partial charge in [-0.3, -0.25) is 4.79 Å². The number of hydrogen-bond donors (Lipinski definition) is 0. The molecule has 1 heterocycles. The Morgan fingerprint density at radius 1 is 1.19 bits per heavy atom. The summed E-state index contributed by atoms with van der Waals surface area (Å²) < 4.78 is 28.1. The van der Waals surface area contributed by atoms with Crippen LogP contribution in [0.4, 0.5) is 0 Å². The van der Waals surface area contributed by atoms with Crippen LogP contribution in [-0.4, -0.2) is 38.4 Å². The second-order valence-electron chi connectivity index (χ2n) is 5.43. The maximum Gasteiger partial charge on any atom is 0.169 e. The molecule has 16 heavy (non-hydrogen) atoms. The first-order valence-corrected chi connectivity index (χ1v) is 7.26. The van der Waals surface area contributed by atoms with Crippen molar-refractivity contribution in [3.63, 3.8) is 0 Å². The lowest BCUT2D eigenvalue weighted by atomic mass is 9.77. The molecule has 1 saturated heterocycles. The maximum absolute atomic E-state index is 12.3. The summed E-state index contributed by atoms with van der Waals surface area (Å²) >= 11 is 0. The molecule has 1 aliphatic rings. The fraction of sp³-hybridized carbons (Fsp3) is 0.909. The Bertz CT molecular complexity index is 361. The first kappa shape index (κ1) is 13.6. The van der Waals surface area contributed by atoms with E-state index in [2.05, 4.69) is 0 Å². The lowest BCUT2D eigenvalue weighted by Crippen LogP contribution is -2.51. The Labute approximate surface area is 97.3 Å². The number of carbonyl (C=O) groups excluding carboxylic acids is 1. The topological polar surface area (TPSA) is 60.4 Å². The zero-order valence-corrected chi connectivity index (χ0v) is 11.2. The summed E-state index contributed by atoms with van der Waals surface area (Å²) in [5, 5.41) is 0. The molecule has 0 amide bonds. The van der Waals surface area contributed by atoms with E-state index in [1.54, 1.807) is 0 Å². The lowest BCUT2D eigenvalue weighted by molar-refractivity contribution is -0.150.